The molecule has 0 saturated heterocycles. The predicted octanol–water partition coefficient (Wildman–Crippen LogP) is 4.88. The van der Waals surface area contributed by atoms with E-state index in [2.05, 4.69) is 26.2 Å². The molecule has 17 heavy (non-hydrogen) atoms. The maximum Gasteiger partial charge on any atom is 0.115 e. The normalized spacial score (nSPS) is 10.9. The topological polar surface area (TPSA) is 45.0 Å². The molecule has 0 aliphatic rings. The first-order valence-electron chi connectivity index (χ1n) is 5.12. The van der Waals surface area contributed by atoms with Crippen LogP contribution in [0.25, 0.3) is 0 Å². The molecule has 0 radical (unpaired) electrons. The molecule has 0 bridgehead atoms. The van der Waals surface area contributed by atoms with Crippen LogP contribution in [-0.4, -0.2) is 5.11 Å². The van der Waals surface area contributed by atoms with E-state index in [0.29, 0.717) is 5.69 Å². The number of hydrogen-bond acceptors (Lipinski definition) is 3. The monoisotopic (exact) mass is 290 g/mol. The number of azo groups is 1. The van der Waals surface area contributed by atoms with Crippen LogP contribution in [0.5, 0.6) is 5.75 Å². The van der Waals surface area contributed by atoms with E-state index in [-0.39, 0.29) is 5.75 Å². The van der Waals surface area contributed by atoms with Crippen molar-refractivity contribution in [3.8, 4) is 5.75 Å². The number of halogens is 1. The summed E-state index contributed by atoms with van der Waals surface area (Å²) in [6, 6.07) is 12.4. The number of benzene rings is 2. The van der Waals surface area contributed by atoms with Crippen LogP contribution < -0.4 is 0 Å². The van der Waals surface area contributed by atoms with Gasteiger partial charge in [0.25, 0.3) is 0 Å². The Bertz CT molecular complexity index is 550. The van der Waals surface area contributed by atoms with Gasteiger partial charge >= 0.3 is 0 Å². The lowest BCUT2D eigenvalue weighted by atomic mass is 10.2. The van der Waals surface area contributed by atoms with E-state index in [1.54, 1.807) is 24.3 Å². The van der Waals surface area contributed by atoms with Gasteiger partial charge in [-0.3, -0.25) is 0 Å². The molecule has 3 nitrogen and oxygen atoms in total. The minimum Gasteiger partial charge on any atom is -0.508 e. The predicted molar refractivity (Wildman–Crippen MR) is 71.2 cm³/mol. The van der Waals surface area contributed by atoms with E-state index in [4.69, 9.17) is 5.11 Å². The smallest absolute Gasteiger partial charge is 0.115 e. The van der Waals surface area contributed by atoms with Crippen LogP contribution in [0, 0.1) is 6.92 Å². The summed E-state index contributed by atoms with van der Waals surface area (Å²) in [6.45, 7) is 1.98. The van der Waals surface area contributed by atoms with Gasteiger partial charge in [0.2, 0.25) is 0 Å². The molecule has 2 rings (SSSR count). The van der Waals surface area contributed by atoms with Gasteiger partial charge in [-0.1, -0.05) is 15.9 Å². The highest BCUT2D eigenvalue weighted by atomic mass is 79.9. The van der Waals surface area contributed by atoms with Crippen molar-refractivity contribution in [3.63, 3.8) is 0 Å². The van der Waals surface area contributed by atoms with E-state index in [0.717, 1.165) is 15.7 Å². The highest BCUT2D eigenvalue weighted by Gasteiger charge is 1.97. The fourth-order valence-corrected chi connectivity index (χ4v) is 1.84. The molecule has 0 spiro atoms. The summed E-state index contributed by atoms with van der Waals surface area (Å²) in [5.41, 5.74) is 2.60. The summed E-state index contributed by atoms with van der Waals surface area (Å²) in [4.78, 5) is 0. The van der Waals surface area contributed by atoms with Crippen molar-refractivity contribution in [1.29, 1.82) is 0 Å². The van der Waals surface area contributed by atoms with E-state index < -0.39 is 0 Å². The van der Waals surface area contributed by atoms with Gasteiger partial charge in [-0.25, -0.2) is 0 Å². The summed E-state index contributed by atoms with van der Waals surface area (Å²) < 4.78 is 1.03. The second kappa shape index (κ2) is 5.10. The third-order valence-corrected chi connectivity index (χ3v) is 2.78. The number of nitrogens with zero attached hydrogens (tertiary/aromatic N) is 2. The van der Waals surface area contributed by atoms with Crippen LogP contribution >= 0.6 is 15.9 Å². The first-order chi connectivity index (χ1) is 8.15. The van der Waals surface area contributed by atoms with Gasteiger partial charge in [0.05, 0.1) is 11.4 Å². The molecule has 2 aromatic rings. The van der Waals surface area contributed by atoms with E-state index >= 15 is 0 Å². The number of aryl methyl sites for hydroxylation is 1. The maximum absolute atomic E-state index is 9.14. The average molecular weight is 291 g/mol. The molecule has 0 aromatic heterocycles. The Labute approximate surface area is 108 Å². The largest absolute Gasteiger partial charge is 0.508 e. The van der Waals surface area contributed by atoms with Crippen molar-refractivity contribution in [1.82, 2.24) is 0 Å². The van der Waals surface area contributed by atoms with Gasteiger partial charge in [-0.05, 0) is 55.0 Å². The SMILES string of the molecule is Cc1cc(Br)ccc1N=Nc1ccc(O)cc1. The Morgan fingerprint density at radius 3 is 2.35 bits per heavy atom. The lowest BCUT2D eigenvalue weighted by Gasteiger charge is -1.99. The quantitative estimate of drug-likeness (QED) is 0.787. The van der Waals surface area contributed by atoms with Crippen molar-refractivity contribution in [2.24, 2.45) is 10.2 Å². The maximum atomic E-state index is 9.14. The third kappa shape index (κ3) is 3.14. The second-order valence-corrected chi connectivity index (χ2v) is 4.56. The zero-order valence-electron chi connectivity index (χ0n) is 9.26. The number of phenolic OH excluding ortho intramolecular Hbond substituents is 1. The molecule has 1 N–H and O–H groups in total. The van der Waals surface area contributed by atoms with Gasteiger partial charge in [-0.2, -0.15) is 10.2 Å². The summed E-state index contributed by atoms with van der Waals surface area (Å²) in [5, 5.41) is 17.4. The first kappa shape index (κ1) is 11.8. The highest BCUT2D eigenvalue weighted by Crippen LogP contribution is 2.25. The average Bonchev–Trinajstić information content (AvgIpc) is 2.30. The number of phenols is 1. The van der Waals surface area contributed by atoms with E-state index in [1.165, 1.54) is 0 Å². The lowest BCUT2D eigenvalue weighted by Crippen LogP contribution is -1.73. The van der Waals surface area contributed by atoms with E-state index in [1.807, 2.05) is 25.1 Å². The van der Waals surface area contributed by atoms with Gasteiger partial charge in [0, 0.05) is 4.47 Å². The molecule has 0 unspecified atom stereocenters. The van der Waals surface area contributed by atoms with Gasteiger partial charge in [0.1, 0.15) is 5.75 Å². The van der Waals surface area contributed by atoms with Crippen molar-refractivity contribution in [2.75, 3.05) is 0 Å². The molecule has 0 saturated carbocycles. The molecule has 0 amide bonds. The molecule has 86 valence electrons. The van der Waals surface area contributed by atoms with Gasteiger partial charge in [-0.15, -0.1) is 0 Å². The van der Waals surface area contributed by atoms with Crippen LogP contribution in [0.15, 0.2) is 57.2 Å². The van der Waals surface area contributed by atoms with Crippen molar-refractivity contribution < 1.29 is 5.11 Å². The van der Waals surface area contributed by atoms with Crippen LogP contribution in [0.3, 0.4) is 0 Å². The summed E-state index contributed by atoms with van der Waals surface area (Å²) in [7, 11) is 0. The minimum atomic E-state index is 0.226. The van der Waals surface area contributed by atoms with Gasteiger partial charge in [0.15, 0.2) is 0 Å². The Hall–Kier alpha value is -1.68. The zero-order chi connectivity index (χ0) is 12.3. The second-order valence-electron chi connectivity index (χ2n) is 3.65. The highest BCUT2D eigenvalue weighted by molar-refractivity contribution is 9.10. The molecule has 0 atom stereocenters. The number of rotatable bonds is 2. The molecule has 0 fully saturated rings. The Morgan fingerprint density at radius 2 is 1.71 bits per heavy atom. The Balaban J connectivity index is 2.23. The van der Waals surface area contributed by atoms with Crippen LogP contribution in [0.4, 0.5) is 11.4 Å². The van der Waals surface area contributed by atoms with Crippen LogP contribution in [0.1, 0.15) is 5.56 Å². The van der Waals surface area contributed by atoms with Crippen molar-refractivity contribution in [3.05, 3.63) is 52.5 Å². The fourth-order valence-electron chi connectivity index (χ4n) is 1.36. The molecule has 0 aliphatic heterocycles. The summed E-state index contributed by atoms with van der Waals surface area (Å²) in [5.74, 6) is 0.226. The molecule has 4 heteroatoms. The standard InChI is InChI=1S/C13H11BrN2O/c1-9-8-10(14)2-7-13(9)16-15-11-3-5-12(17)6-4-11/h2-8,17H,1H3. The molecule has 2 aromatic carbocycles. The number of aromatic hydroxyl groups is 1. The van der Waals surface area contributed by atoms with Gasteiger partial charge < -0.3 is 5.11 Å². The van der Waals surface area contributed by atoms with Crippen LogP contribution in [-0.2, 0) is 0 Å². The Kier molecular flexibility index (Phi) is 3.54. The van der Waals surface area contributed by atoms with E-state index in [9.17, 15) is 0 Å². The molecule has 0 heterocycles. The molecular weight excluding hydrogens is 280 g/mol. The molecular formula is C13H11BrN2O. The lowest BCUT2D eigenvalue weighted by molar-refractivity contribution is 0.475. The fraction of sp³-hybridized carbons (Fsp3) is 0.0769. The van der Waals surface area contributed by atoms with Crippen molar-refractivity contribution in [2.45, 2.75) is 6.92 Å². The first-order valence-corrected chi connectivity index (χ1v) is 5.91. The Morgan fingerprint density at radius 1 is 1.00 bits per heavy atom. The number of hydrogen-bond donors (Lipinski definition) is 1. The third-order valence-electron chi connectivity index (χ3n) is 2.28. The van der Waals surface area contributed by atoms with Crippen LogP contribution in [0.2, 0.25) is 0 Å². The summed E-state index contributed by atoms with van der Waals surface area (Å²) >= 11 is 3.40. The molecule has 0 aliphatic carbocycles. The minimum absolute atomic E-state index is 0.226. The van der Waals surface area contributed by atoms with Crippen molar-refractivity contribution >= 4 is 27.3 Å². The summed E-state index contributed by atoms with van der Waals surface area (Å²) in [6.07, 6.45) is 0. The zero-order valence-corrected chi connectivity index (χ0v) is 10.8.